The summed E-state index contributed by atoms with van der Waals surface area (Å²) < 4.78 is 78.3. The molecule has 26 heavy (non-hydrogen) atoms. The van der Waals surface area contributed by atoms with Crippen LogP contribution in [-0.4, -0.2) is 19.7 Å². The molecule has 0 aliphatic rings. The van der Waals surface area contributed by atoms with Gasteiger partial charge in [-0.25, -0.2) is 14.6 Å². The predicted molar refractivity (Wildman–Crippen MR) is 79.6 cm³/mol. The van der Waals surface area contributed by atoms with Crippen molar-refractivity contribution in [1.82, 2.24) is 19.7 Å². The van der Waals surface area contributed by atoms with E-state index < -0.39 is 23.5 Å². The second-order valence-corrected chi connectivity index (χ2v) is 5.47. The summed E-state index contributed by atoms with van der Waals surface area (Å²) in [7, 11) is 0. The van der Waals surface area contributed by atoms with Gasteiger partial charge >= 0.3 is 12.4 Å². The third-order valence-electron chi connectivity index (χ3n) is 3.35. The van der Waals surface area contributed by atoms with E-state index in [1.807, 2.05) is 0 Å². The minimum absolute atomic E-state index is 0.0802. The molecule has 0 saturated heterocycles. The Morgan fingerprint density at radius 1 is 0.846 bits per heavy atom. The van der Waals surface area contributed by atoms with Crippen LogP contribution in [0.3, 0.4) is 0 Å². The van der Waals surface area contributed by atoms with Crippen LogP contribution in [0.2, 0.25) is 5.28 Å². The van der Waals surface area contributed by atoms with Crippen molar-refractivity contribution in [2.24, 2.45) is 0 Å². The zero-order chi connectivity index (χ0) is 19.1. The molecule has 0 unspecified atom stereocenters. The molecule has 0 spiro atoms. The van der Waals surface area contributed by atoms with E-state index in [1.165, 1.54) is 0 Å². The maximum Gasteiger partial charge on any atom is 0.416 e. The standard InChI is InChI=1S/C15H7ClF6N4/c16-13-23-7-26(25-13)12-6-10(15(20,21)22)5-11(24-12)8-1-3-9(4-2-8)14(17,18)19/h1-7H. The summed E-state index contributed by atoms with van der Waals surface area (Å²) in [5.41, 5.74) is -2.05. The van der Waals surface area contributed by atoms with Crippen molar-refractivity contribution in [1.29, 1.82) is 0 Å². The van der Waals surface area contributed by atoms with E-state index in [9.17, 15) is 26.3 Å². The van der Waals surface area contributed by atoms with E-state index in [4.69, 9.17) is 11.6 Å². The Balaban J connectivity index is 2.11. The Bertz CT molecular complexity index is 931. The quantitative estimate of drug-likeness (QED) is 0.575. The van der Waals surface area contributed by atoms with Crippen molar-refractivity contribution in [2.75, 3.05) is 0 Å². The molecule has 0 amide bonds. The van der Waals surface area contributed by atoms with E-state index in [-0.39, 0.29) is 22.4 Å². The lowest BCUT2D eigenvalue weighted by molar-refractivity contribution is -0.138. The van der Waals surface area contributed by atoms with Crippen LogP contribution < -0.4 is 0 Å². The summed E-state index contributed by atoms with van der Waals surface area (Å²) >= 11 is 5.56. The van der Waals surface area contributed by atoms with Gasteiger partial charge in [0.2, 0.25) is 5.28 Å². The molecule has 0 atom stereocenters. The zero-order valence-corrected chi connectivity index (χ0v) is 13.2. The van der Waals surface area contributed by atoms with Gasteiger partial charge in [-0.05, 0) is 35.9 Å². The highest BCUT2D eigenvalue weighted by Gasteiger charge is 2.33. The number of aromatic nitrogens is 4. The van der Waals surface area contributed by atoms with Crippen molar-refractivity contribution in [2.45, 2.75) is 12.4 Å². The molecule has 0 aliphatic carbocycles. The van der Waals surface area contributed by atoms with Crippen molar-refractivity contribution in [3.05, 3.63) is 59.1 Å². The van der Waals surface area contributed by atoms with Crippen LogP contribution in [0, 0.1) is 0 Å². The second kappa shape index (κ2) is 6.27. The number of benzene rings is 1. The van der Waals surface area contributed by atoms with E-state index in [0.29, 0.717) is 0 Å². The molecule has 2 aromatic heterocycles. The number of pyridine rings is 1. The molecule has 4 nitrogen and oxygen atoms in total. The molecular formula is C15H7ClF6N4. The van der Waals surface area contributed by atoms with Gasteiger partial charge in [0.1, 0.15) is 6.33 Å². The Morgan fingerprint density at radius 3 is 1.96 bits per heavy atom. The van der Waals surface area contributed by atoms with Crippen LogP contribution in [0.25, 0.3) is 17.1 Å². The van der Waals surface area contributed by atoms with Crippen molar-refractivity contribution >= 4 is 11.6 Å². The molecule has 1 aromatic carbocycles. The molecule has 0 N–H and O–H groups in total. The van der Waals surface area contributed by atoms with Gasteiger partial charge in [-0.15, -0.1) is 5.10 Å². The maximum absolute atomic E-state index is 13.2. The van der Waals surface area contributed by atoms with Crippen LogP contribution in [0.4, 0.5) is 26.3 Å². The molecule has 3 rings (SSSR count). The first-order valence-electron chi connectivity index (χ1n) is 6.88. The number of hydrogen-bond donors (Lipinski definition) is 0. The Hall–Kier alpha value is -2.62. The van der Waals surface area contributed by atoms with Crippen LogP contribution in [0.5, 0.6) is 0 Å². The van der Waals surface area contributed by atoms with Crippen molar-refractivity contribution in [3.8, 4) is 17.1 Å². The van der Waals surface area contributed by atoms with Gasteiger partial charge in [0.05, 0.1) is 16.8 Å². The summed E-state index contributed by atoms with van der Waals surface area (Å²) in [5, 5.41) is 3.48. The number of halogens is 7. The van der Waals surface area contributed by atoms with E-state index in [1.54, 1.807) is 0 Å². The van der Waals surface area contributed by atoms with Gasteiger partial charge in [-0.2, -0.15) is 26.3 Å². The Morgan fingerprint density at radius 2 is 1.46 bits per heavy atom. The highest BCUT2D eigenvalue weighted by Crippen LogP contribution is 2.34. The first kappa shape index (κ1) is 18.2. The highest BCUT2D eigenvalue weighted by molar-refractivity contribution is 6.28. The fourth-order valence-corrected chi connectivity index (χ4v) is 2.25. The molecule has 136 valence electrons. The van der Waals surface area contributed by atoms with E-state index in [2.05, 4.69) is 15.1 Å². The summed E-state index contributed by atoms with van der Waals surface area (Å²) in [6.45, 7) is 0. The second-order valence-electron chi connectivity index (χ2n) is 5.13. The normalized spacial score (nSPS) is 12.4. The monoisotopic (exact) mass is 392 g/mol. The SMILES string of the molecule is FC(F)(F)c1ccc(-c2cc(C(F)(F)F)cc(-n3cnc(Cl)n3)n2)cc1. The van der Waals surface area contributed by atoms with Gasteiger partial charge in [-0.3, -0.25) is 0 Å². The van der Waals surface area contributed by atoms with Crippen molar-refractivity contribution < 1.29 is 26.3 Å². The highest BCUT2D eigenvalue weighted by atomic mass is 35.5. The summed E-state index contributed by atoms with van der Waals surface area (Å²) in [5.74, 6) is -0.228. The average Bonchev–Trinajstić information content (AvgIpc) is 2.99. The first-order chi connectivity index (χ1) is 12.0. The lowest BCUT2D eigenvalue weighted by Gasteiger charge is -2.12. The molecule has 0 fully saturated rings. The topological polar surface area (TPSA) is 43.6 Å². The third kappa shape index (κ3) is 3.79. The molecule has 3 aromatic rings. The minimum atomic E-state index is -4.69. The summed E-state index contributed by atoms with van der Waals surface area (Å²) in [4.78, 5) is 7.61. The zero-order valence-electron chi connectivity index (χ0n) is 12.5. The van der Waals surface area contributed by atoms with Crippen LogP contribution in [0.1, 0.15) is 11.1 Å². The summed E-state index contributed by atoms with van der Waals surface area (Å²) in [6, 6.07) is 5.10. The largest absolute Gasteiger partial charge is 0.416 e. The van der Waals surface area contributed by atoms with Crippen LogP contribution >= 0.6 is 11.6 Å². The summed E-state index contributed by atoms with van der Waals surface area (Å²) in [6.07, 6.45) is -8.17. The number of rotatable bonds is 2. The fourth-order valence-electron chi connectivity index (χ4n) is 2.13. The van der Waals surface area contributed by atoms with Crippen LogP contribution in [-0.2, 0) is 12.4 Å². The number of hydrogen-bond acceptors (Lipinski definition) is 3. The fraction of sp³-hybridized carbons (Fsp3) is 0.133. The lowest BCUT2D eigenvalue weighted by atomic mass is 10.1. The lowest BCUT2D eigenvalue weighted by Crippen LogP contribution is -2.09. The van der Waals surface area contributed by atoms with Gasteiger partial charge in [0.15, 0.2) is 5.82 Å². The van der Waals surface area contributed by atoms with Gasteiger partial charge in [0, 0.05) is 5.56 Å². The third-order valence-corrected chi connectivity index (χ3v) is 3.52. The molecule has 0 saturated carbocycles. The Labute approximate surface area is 147 Å². The molecular weight excluding hydrogens is 386 g/mol. The molecule has 2 heterocycles. The van der Waals surface area contributed by atoms with E-state index in [0.717, 1.165) is 47.4 Å². The molecule has 0 radical (unpaired) electrons. The van der Waals surface area contributed by atoms with E-state index >= 15 is 0 Å². The van der Waals surface area contributed by atoms with Crippen LogP contribution in [0.15, 0.2) is 42.7 Å². The average molecular weight is 393 g/mol. The smallest absolute Gasteiger partial charge is 0.229 e. The van der Waals surface area contributed by atoms with Gasteiger partial charge in [0.25, 0.3) is 0 Å². The Kier molecular flexibility index (Phi) is 4.39. The van der Waals surface area contributed by atoms with Crippen molar-refractivity contribution in [3.63, 3.8) is 0 Å². The molecule has 0 aliphatic heterocycles. The minimum Gasteiger partial charge on any atom is -0.229 e. The first-order valence-corrected chi connectivity index (χ1v) is 7.26. The number of nitrogens with zero attached hydrogens (tertiary/aromatic N) is 4. The predicted octanol–water partition coefficient (Wildman–Crippen LogP) is 5.02. The molecule has 0 bridgehead atoms. The number of alkyl halides is 6. The molecule has 11 heteroatoms. The maximum atomic E-state index is 13.2. The van der Waals surface area contributed by atoms with Gasteiger partial charge in [-0.1, -0.05) is 12.1 Å². The van der Waals surface area contributed by atoms with Gasteiger partial charge < -0.3 is 0 Å².